The zero-order valence-electron chi connectivity index (χ0n) is 13.4. The molecule has 0 bridgehead atoms. The second-order valence-electron chi connectivity index (χ2n) is 5.27. The van der Waals surface area contributed by atoms with E-state index in [0.29, 0.717) is 25.3 Å². The van der Waals surface area contributed by atoms with E-state index in [-0.39, 0.29) is 17.3 Å². The van der Waals surface area contributed by atoms with Crippen molar-refractivity contribution in [3.63, 3.8) is 0 Å². The lowest BCUT2D eigenvalue weighted by molar-refractivity contribution is 0.0771. The van der Waals surface area contributed by atoms with E-state index in [1.54, 1.807) is 11.0 Å². The summed E-state index contributed by atoms with van der Waals surface area (Å²) in [7, 11) is -2.13. The number of nitrogens with zero attached hydrogens (tertiary/aromatic N) is 1. The van der Waals surface area contributed by atoms with Crippen molar-refractivity contribution < 1.29 is 17.9 Å². The van der Waals surface area contributed by atoms with Gasteiger partial charge in [-0.15, -0.1) is 0 Å². The van der Waals surface area contributed by atoms with Crippen LogP contribution < -0.4 is 4.72 Å². The largest absolute Gasteiger partial charge is 0.383 e. The van der Waals surface area contributed by atoms with E-state index in [1.807, 2.05) is 18.7 Å². The SMILES string of the molecule is COCCNS(=O)(=O)c1ccc(C)c(C(=O)N2CCSCC2)c1. The van der Waals surface area contributed by atoms with Crippen LogP contribution in [-0.4, -0.2) is 64.1 Å². The zero-order valence-corrected chi connectivity index (χ0v) is 15.0. The van der Waals surface area contributed by atoms with Gasteiger partial charge in [0.25, 0.3) is 5.91 Å². The van der Waals surface area contributed by atoms with Crippen LogP contribution in [0.25, 0.3) is 0 Å². The van der Waals surface area contributed by atoms with Gasteiger partial charge in [0.2, 0.25) is 10.0 Å². The number of carbonyl (C=O) groups is 1. The Morgan fingerprint density at radius 1 is 1.35 bits per heavy atom. The standard InChI is InChI=1S/C15H22N2O4S2/c1-12-3-4-13(23(19,20)16-5-8-21-2)11-14(12)15(18)17-6-9-22-10-7-17/h3-4,11,16H,5-10H2,1-2H3. The molecule has 1 amide bonds. The summed E-state index contributed by atoms with van der Waals surface area (Å²) in [6.07, 6.45) is 0. The fourth-order valence-electron chi connectivity index (χ4n) is 2.30. The number of methoxy groups -OCH3 is 1. The van der Waals surface area contributed by atoms with E-state index < -0.39 is 10.0 Å². The summed E-state index contributed by atoms with van der Waals surface area (Å²) < 4.78 is 31.9. The summed E-state index contributed by atoms with van der Waals surface area (Å²) in [5.74, 6) is 1.74. The van der Waals surface area contributed by atoms with Gasteiger partial charge >= 0.3 is 0 Å². The Morgan fingerprint density at radius 2 is 2.04 bits per heavy atom. The van der Waals surface area contributed by atoms with Crippen molar-refractivity contribution in [2.75, 3.05) is 44.9 Å². The minimum absolute atomic E-state index is 0.100. The van der Waals surface area contributed by atoms with Gasteiger partial charge in [-0.2, -0.15) is 11.8 Å². The zero-order chi connectivity index (χ0) is 16.9. The molecule has 1 aromatic rings. The van der Waals surface area contributed by atoms with Crippen molar-refractivity contribution in [2.45, 2.75) is 11.8 Å². The summed E-state index contributed by atoms with van der Waals surface area (Å²) >= 11 is 1.82. The van der Waals surface area contributed by atoms with Gasteiger partial charge in [0, 0.05) is 43.8 Å². The normalized spacial score (nSPS) is 15.7. The average molecular weight is 358 g/mol. The highest BCUT2D eigenvalue weighted by Gasteiger charge is 2.22. The van der Waals surface area contributed by atoms with E-state index in [9.17, 15) is 13.2 Å². The monoisotopic (exact) mass is 358 g/mol. The van der Waals surface area contributed by atoms with Gasteiger partial charge in [-0.05, 0) is 24.6 Å². The van der Waals surface area contributed by atoms with Gasteiger partial charge < -0.3 is 9.64 Å². The highest BCUT2D eigenvalue weighted by Crippen LogP contribution is 2.19. The third kappa shape index (κ3) is 4.69. The number of hydrogen-bond acceptors (Lipinski definition) is 5. The van der Waals surface area contributed by atoms with Crippen LogP contribution in [0, 0.1) is 6.92 Å². The molecule has 0 spiro atoms. The summed E-state index contributed by atoms with van der Waals surface area (Å²) in [6.45, 7) is 3.71. The molecule has 1 aromatic carbocycles. The molecule has 1 aliphatic rings. The van der Waals surface area contributed by atoms with Crippen LogP contribution in [0.1, 0.15) is 15.9 Å². The molecule has 0 unspecified atom stereocenters. The van der Waals surface area contributed by atoms with Crippen LogP contribution in [0.15, 0.2) is 23.1 Å². The van der Waals surface area contributed by atoms with Gasteiger partial charge in [-0.1, -0.05) is 6.07 Å². The molecule has 0 aliphatic carbocycles. The van der Waals surface area contributed by atoms with Gasteiger partial charge in [-0.25, -0.2) is 13.1 Å². The van der Waals surface area contributed by atoms with Gasteiger partial charge in [0.1, 0.15) is 0 Å². The Bertz CT molecular complexity index is 655. The molecular formula is C15H22N2O4S2. The number of nitrogens with one attached hydrogen (secondary N) is 1. The molecule has 128 valence electrons. The van der Waals surface area contributed by atoms with Crippen molar-refractivity contribution in [3.8, 4) is 0 Å². The third-order valence-corrected chi connectivity index (χ3v) is 6.05. The Labute approximate surface area is 141 Å². The summed E-state index contributed by atoms with van der Waals surface area (Å²) in [5, 5.41) is 0. The number of rotatable bonds is 6. The molecule has 1 fully saturated rings. The highest BCUT2D eigenvalue weighted by atomic mass is 32.2. The molecule has 1 saturated heterocycles. The van der Waals surface area contributed by atoms with Crippen molar-refractivity contribution in [3.05, 3.63) is 29.3 Å². The predicted molar refractivity (Wildman–Crippen MR) is 91.5 cm³/mol. The average Bonchev–Trinajstić information content (AvgIpc) is 2.55. The maximum atomic E-state index is 12.6. The van der Waals surface area contributed by atoms with Crippen molar-refractivity contribution in [1.29, 1.82) is 0 Å². The quantitative estimate of drug-likeness (QED) is 0.771. The van der Waals surface area contributed by atoms with Gasteiger partial charge in [0.15, 0.2) is 0 Å². The number of thioether (sulfide) groups is 1. The molecule has 8 heteroatoms. The van der Waals surface area contributed by atoms with Gasteiger partial charge in [0.05, 0.1) is 11.5 Å². The Hall–Kier alpha value is -1.09. The number of carbonyl (C=O) groups excluding carboxylic acids is 1. The lowest BCUT2D eigenvalue weighted by atomic mass is 10.1. The van der Waals surface area contributed by atoms with Crippen LogP contribution in [0.3, 0.4) is 0 Å². The fourth-order valence-corrected chi connectivity index (χ4v) is 4.24. The van der Waals surface area contributed by atoms with Gasteiger partial charge in [-0.3, -0.25) is 4.79 Å². The Balaban J connectivity index is 2.22. The first-order valence-corrected chi connectivity index (χ1v) is 10.1. The molecule has 2 rings (SSSR count). The van der Waals surface area contributed by atoms with E-state index in [0.717, 1.165) is 17.1 Å². The molecule has 0 aromatic heterocycles. The molecule has 0 saturated carbocycles. The molecule has 0 radical (unpaired) electrons. The Morgan fingerprint density at radius 3 is 2.70 bits per heavy atom. The van der Waals surface area contributed by atoms with E-state index >= 15 is 0 Å². The third-order valence-electron chi connectivity index (χ3n) is 3.65. The predicted octanol–water partition coefficient (Wildman–Crippen LogP) is 1.11. The van der Waals surface area contributed by atoms with E-state index in [1.165, 1.54) is 19.2 Å². The lowest BCUT2D eigenvalue weighted by Gasteiger charge is -2.27. The highest BCUT2D eigenvalue weighted by molar-refractivity contribution is 7.99. The lowest BCUT2D eigenvalue weighted by Crippen LogP contribution is -2.38. The minimum Gasteiger partial charge on any atom is -0.383 e. The number of aryl methyl sites for hydroxylation is 1. The maximum Gasteiger partial charge on any atom is 0.254 e. The second-order valence-corrected chi connectivity index (χ2v) is 8.26. The molecule has 1 aliphatic heterocycles. The van der Waals surface area contributed by atoms with Crippen LogP contribution in [0.4, 0.5) is 0 Å². The van der Waals surface area contributed by atoms with Crippen molar-refractivity contribution in [2.24, 2.45) is 0 Å². The summed E-state index contributed by atoms with van der Waals surface area (Å²) in [6, 6.07) is 4.67. The number of benzene rings is 1. The molecular weight excluding hydrogens is 336 g/mol. The number of hydrogen-bond donors (Lipinski definition) is 1. The number of amides is 1. The molecule has 6 nitrogen and oxygen atoms in total. The Kier molecular flexibility index (Phi) is 6.46. The first-order valence-electron chi connectivity index (χ1n) is 7.42. The first-order chi connectivity index (χ1) is 11.0. The van der Waals surface area contributed by atoms with E-state index in [4.69, 9.17) is 4.74 Å². The first kappa shape index (κ1) is 18.3. The van der Waals surface area contributed by atoms with Crippen LogP contribution in [0.5, 0.6) is 0 Å². The van der Waals surface area contributed by atoms with Crippen LogP contribution in [-0.2, 0) is 14.8 Å². The van der Waals surface area contributed by atoms with E-state index in [2.05, 4.69) is 4.72 Å². The number of sulfonamides is 1. The second kappa shape index (κ2) is 8.14. The smallest absolute Gasteiger partial charge is 0.254 e. The summed E-state index contributed by atoms with van der Waals surface area (Å²) in [4.78, 5) is 14.5. The van der Waals surface area contributed by atoms with Crippen LogP contribution in [0.2, 0.25) is 0 Å². The van der Waals surface area contributed by atoms with Crippen molar-refractivity contribution in [1.82, 2.24) is 9.62 Å². The molecule has 1 heterocycles. The molecule has 0 atom stereocenters. The van der Waals surface area contributed by atoms with Crippen molar-refractivity contribution >= 4 is 27.7 Å². The maximum absolute atomic E-state index is 12.6. The summed E-state index contributed by atoms with van der Waals surface area (Å²) in [5.41, 5.74) is 1.23. The molecule has 23 heavy (non-hydrogen) atoms. The minimum atomic E-state index is -3.64. The fraction of sp³-hybridized carbons (Fsp3) is 0.533. The molecule has 1 N–H and O–H groups in total. The number of ether oxygens (including phenoxy) is 1. The topological polar surface area (TPSA) is 75.7 Å². The van der Waals surface area contributed by atoms with Crippen LogP contribution >= 0.6 is 11.8 Å².